The number of nitrogens with zero attached hydrogens (tertiary/aromatic N) is 5. The molecule has 2 saturated heterocycles. The minimum Gasteiger partial charge on any atom is -0.366 e. The first-order valence-electron chi connectivity index (χ1n) is 12.8. The van der Waals surface area contributed by atoms with Crippen LogP contribution in [-0.2, 0) is 4.79 Å². The third-order valence-electron chi connectivity index (χ3n) is 6.92. The molecule has 0 radical (unpaired) electrons. The summed E-state index contributed by atoms with van der Waals surface area (Å²) in [6.45, 7) is 8.95. The molecule has 0 spiro atoms. The van der Waals surface area contributed by atoms with Crippen molar-refractivity contribution in [2.75, 3.05) is 42.5 Å². The van der Waals surface area contributed by atoms with Crippen LogP contribution in [0.2, 0.25) is 0 Å². The lowest BCUT2D eigenvalue weighted by Crippen LogP contribution is -2.47. The molecule has 2 aliphatic rings. The fourth-order valence-corrected chi connectivity index (χ4v) is 6.04. The zero-order chi connectivity index (χ0) is 27.0. The topological polar surface area (TPSA) is 61.2 Å². The van der Waals surface area contributed by atoms with Crippen molar-refractivity contribution in [2.24, 2.45) is 5.92 Å². The predicted octanol–water partition coefficient (Wildman–Crippen LogP) is 4.72. The van der Waals surface area contributed by atoms with Crippen molar-refractivity contribution in [1.82, 2.24) is 14.3 Å². The second-order valence-corrected chi connectivity index (χ2v) is 11.7. The van der Waals surface area contributed by atoms with Gasteiger partial charge in [-0.3, -0.25) is 18.9 Å². The van der Waals surface area contributed by atoms with E-state index in [2.05, 4.69) is 18.7 Å². The van der Waals surface area contributed by atoms with Gasteiger partial charge in [-0.15, -0.1) is 0 Å². The highest BCUT2D eigenvalue weighted by Crippen LogP contribution is 2.34. The number of aromatic nitrogens is 2. The largest absolute Gasteiger partial charge is 0.366 e. The Morgan fingerprint density at radius 2 is 1.79 bits per heavy atom. The molecule has 0 bridgehead atoms. The Labute approximate surface area is 230 Å². The maximum Gasteiger partial charge on any atom is 0.267 e. The second kappa shape index (κ2) is 10.9. The van der Waals surface area contributed by atoms with Crippen LogP contribution in [0.4, 0.5) is 15.9 Å². The third-order valence-corrected chi connectivity index (χ3v) is 8.29. The molecule has 198 valence electrons. The number of hydrogen-bond acceptors (Lipinski definition) is 7. The van der Waals surface area contributed by atoms with Crippen LogP contribution in [0.3, 0.4) is 0 Å². The molecule has 0 saturated carbocycles. The van der Waals surface area contributed by atoms with E-state index in [9.17, 15) is 14.0 Å². The number of piperazine rings is 1. The van der Waals surface area contributed by atoms with Crippen molar-refractivity contribution < 1.29 is 9.18 Å². The van der Waals surface area contributed by atoms with E-state index < -0.39 is 0 Å². The summed E-state index contributed by atoms with van der Waals surface area (Å²) in [5.41, 5.74) is 2.14. The maximum atomic E-state index is 14.4. The van der Waals surface area contributed by atoms with Gasteiger partial charge in [-0.05, 0) is 49.1 Å². The molecule has 7 nitrogen and oxygen atoms in total. The summed E-state index contributed by atoms with van der Waals surface area (Å²) in [5.74, 6) is 0.546. The summed E-state index contributed by atoms with van der Waals surface area (Å²) in [7, 11) is 0. The summed E-state index contributed by atoms with van der Waals surface area (Å²) >= 11 is 6.72. The first-order chi connectivity index (χ1) is 18.2. The average Bonchev–Trinajstić information content (AvgIpc) is 3.17. The van der Waals surface area contributed by atoms with Gasteiger partial charge in [0.2, 0.25) is 0 Å². The van der Waals surface area contributed by atoms with Crippen LogP contribution in [0.25, 0.3) is 11.7 Å². The molecule has 2 aromatic heterocycles. The molecule has 38 heavy (non-hydrogen) atoms. The minimum atomic E-state index is -0.251. The van der Waals surface area contributed by atoms with E-state index in [1.807, 2.05) is 30.0 Å². The molecule has 4 heterocycles. The summed E-state index contributed by atoms with van der Waals surface area (Å²) in [4.78, 5) is 38.0. The second-order valence-electron chi connectivity index (χ2n) is 9.98. The normalized spacial score (nSPS) is 17.5. The highest BCUT2D eigenvalue weighted by molar-refractivity contribution is 8.26. The Morgan fingerprint density at radius 3 is 2.50 bits per heavy atom. The molecule has 3 aromatic rings. The van der Waals surface area contributed by atoms with Crippen LogP contribution in [0.15, 0.2) is 52.3 Å². The fourth-order valence-electron chi connectivity index (χ4n) is 4.75. The van der Waals surface area contributed by atoms with Gasteiger partial charge in [0.05, 0.1) is 16.2 Å². The third kappa shape index (κ3) is 5.07. The van der Waals surface area contributed by atoms with E-state index >= 15 is 0 Å². The molecule has 0 aliphatic carbocycles. The van der Waals surface area contributed by atoms with E-state index in [0.717, 1.165) is 12.0 Å². The SMILES string of the molecule is Cc1cccn2c(=O)c(C=C3SC(=S)N(CCC(C)C)C3=O)c(N3CCN(c4ccccc4F)CC3)nc12. The highest BCUT2D eigenvalue weighted by atomic mass is 32.2. The molecule has 1 amide bonds. The number of rotatable bonds is 6. The molecule has 1 aromatic carbocycles. The fraction of sp³-hybridized carbons (Fsp3) is 0.357. The quantitative estimate of drug-likeness (QED) is 0.325. The van der Waals surface area contributed by atoms with E-state index in [4.69, 9.17) is 17.2 Å². The molecular formula is C28H30FN5O2S2. The molecule has 5 rings (SSSR count). The number of carbonyl (C=O) groups excluding carboxylic acids is 1. The van der Waals surface area contributed by atoms with Gasteiger partial charge in [-0.2, -0.15) is 0 Å². The maximum absolute atomic E-state index is 14.4. The van der Waals surface area contributed by atoms with E-state index in [0.29, 0.717) is 70.6 Å². The first-order valence-corrected chi connectivity index (χ1v) is 14.0. The van der Waals surface area contributed by atoms with Gasteiger partial charge < -0.3 is 9.80 Å². The Morgan fingerprint density at radius 1 is 1.08 bits per heavy atom. The van der Waals surface area contributed by atoms with Gasteiger partial charge in [-0.1, -0.05) is 56.0 Å². The Kier molecular flexibility index (Phi) is 7.54. The standard InChI is InChI=1S/C28H30FN5O2S2/c1-18(2)10-12-34-27(36)23(38-28(34)37)17-20-25(30-24-19(3)7-6-11-33(24)26(20)35)32-15-13-31(14-16-32)22-9-5-4-8-21(22)29/h4-9,11,17-18H,10,12-16H2,1-3H3. The van der Waals surface area contributed by atoms with Gasteiger partial charge in [0.25, 0.3) is 11.5 Å². The number of pyridine rings is 1. The number of benzene rings is 1. The number of para-hydroxylation sites is 1. The Balaban J connectivity index is 1.52. The molecular weight excluding hydrogens is 521 g/mol. The average molecular weight is 552 g/mol. The van der Waals surface area contributed by atoms with Gasteiger partial charge in [0, 0.05) is 38.9 Å². The van der Waals surface area contributed by atoms with Crippen molar-refractivity contribution in [3.05, 3.63) is 74.8 Å². The van der Waals surface area contributed by atoms with Crippen LogP contribution in [0.5, 0.6) is 0 Å². The number of anilines is 2. The molecule has 2 fully saturated rings. The zero-order valence-electron chi connectivity index (χ0n) is 21.7. The summed E-state index contributed by atoms with van der Waals surface area (Å²) in [6.07, 6.45) is 4.19. The Hall–Kier alpha value is -3.24. The van der Waals surface area contributed by atoms with Crippen molar-refractivity contribution in [1.29, 1.82) is 0 Å². The lowest BCUT2D eigenvalue weighted by Gasteiger charge is -2.37. The van der Waals surface area contributed by atoms with Gasteiger partial charge in [0.15, 0.2) is 0 Å². The molecule has 0 N–H and O–H groups in total. The molecule has 2 aliphatic heterocycles. The lowest BCUT2D eigenvalue weighted by molar-refractivity contribution is -0.122. The van der Waals surface area contributed by atoms with E-state index in [-0.39, 0.29) is 17.3 Å². The van der Waals surface area contributed by atoms with Crippen LogP contribution in [0.1, 0.15) is 31.4 Å². The summed E-state index contributed by atoms with van der Waals surface area (Å²) in [6, 6.07) is 10.5. The highest BCUT2D eigenvalue weighted by Gasteiger charge is 2.33. The number of amides is 1. The number of aryl methyl sites for hydroxylation is 1. The number of hydrogen-bond donors (Lipinski definition) is 0. The number of fused-ring (bicyclic) bond motifs is 1. The van der Waals surface area contributed by atoms with Crippen LogP contribution >= 0.6 is 24.0 Å². The van der Waals surface area contributed by atoms with Crippen molar-refractivity contribution in [3.63, 3.8) is 0 Å². The number of thiocarbonyl (C=S) groups is 1. The van der Waals surface area contributed by atoms with Crippen LogP contribution in [0, 0.1) is 18.7 Å². The smallest absolute Gasteiger partial charge is 0.267 e. The Bertz CT molecular complexity index is 1490. The zero-order valence-corrected chi connectivity index (χ0v) is 23.3. The monoisotopic (exact) mass is 551 g/mol. The van der Waals surface area contributed by atoms with E-state index in [1.165, 1.54) is 22.2 Å². The van der Waals surface area contributed by atoms with Crippen LogP contribution < -0.4 is 15.4 Å². The van der Waals surface area contributed by atoms with E-state index in [1.54, 1.807) is 29.3 Å². The molecule has 0 unspecified atom stereocenters. The summed E-state index contributed by atoms with van der Waals surface area (Å²) in [5, 5.41) is 0. The van der Waals surface area contributed by atoms with Crippen LogP contribution in [-0.4, -0.2) is 57.2 Å². The molecule has 10 heteroatoms. The number of halogens is 1. The summed E-state index contributed by atoms with van der Waals surface area (Å²) < 4.78 is 16.4. The lowest BCUT2D eigenvalue weighted by atomic mass is 10.1. The first kappa shape index (κ1) is 26.4. The van der Waals surface area contributed by atoms with Crippen molar-refractivity contribution in [3.8, 4) is 0 Å². The molecule has 0 atom stereocenters. The minimum absolute atomic E-state index is 0.176. The van der Waals surface area contributed by atoms with Gasteiger partial charge >= 0.3 is 0 Å². The predicted molar refractivity (Wildman–Crippen MR) is 156 cm³/mol. The van der Waals surface area contributed by atoms with Gasteiger partial charge in [-0.25, -0.2) is 9.37 Å². The number of carbonyl (C=O) groups is 1. The van der Waals surface area contributed by atoms with Gasteiger partial charge in [0.1, 0.15) is 21.6 Å². The van der Waals surface area contributed by atoms with Crippen molar-refractivity contribution in [2.45, 2.75) is 27.2 Å². The number of thioether (sulfide) groups is 1. The van der Waals surface area contributed by atoms with Crippen molar-refractivity contribution >= 4 is 57.4 Å².